The lowest BCUT2D eigenvalue weighted by atomic mass is 10.0. The monoisotopic (exact) mass is 464 g/mol. The molecule has 0 radical (unpaired) electrons. The maximum atomic E-state index is 14.7. The fourth-order valence-corrected chi connectivity index (χ4v) is 4.55. The van der Waals surface area contributed by atoms with E-state index in [0.717, 1.165) is 24.5 Å². The number of benzene rings is 2. The van der Waals surface area contributed by atoms with Crippen LogP contribution in [0.5, 0.6) is 0 Å². The molecular weight excluding hydrogens is 441 g/mol. The van der Waals surface area contributed by atoms with Gasteiger partial charge in [0.15, 0.2) is 0 Å². The first kappa shape index (κ1) is 22.1. The molecule has 5 nitrogen and oxygen atoms in total. The Balaban J connectivity index is 1.59. The largest absolute Gasteiger partial charge is 0.363 e. The van der Waals surface area contributed by atoms with Gasteiger partial charge in [-0.25, -0.2) is 23.1 Å². The van der Waals surface area contributed by atoms with Crippen molar-refractivity contribution in [2.45, 2.75) is 44.7 Å². The second-order valence-electron chi connectivity index (χ2n) is 8.71. The van der Waals surface area contributed by atoms with E-state index in [1.54, 1.807) is 24.6 Å². The molecule has 5 rings (SSSR count). The topological polar surface area (TPSA) is 59.8 Å². The van der Waals surface area contributed by atoms with E-state index >= 15 is 0 Å². The van der Waals surface area contributed by atoms with Crippen molar-refractivity contribution in [3.8, 4) is 0 Å². The van der Waals surface area contributed by atoms with Crippen LogP contribution in [-0.2, 0) is 5.54 Å². The third kappa shape index (κ3) is 3.73. The van der Waals surface area contributed by atoms with Gasteiger partial charge in [0.05, 0.1) is 28.0 Å². The third-order valence-corrected chi connectivity index (χ3v) is 6.45. The van der Waals surface area contributed by atoms with Gasteiger partial charge in [-0.2, -0.15) is 0 Å². The molecule has 0 spiro atoms. The number of hydrogen-bond acceptors (Lipinski definition) is 4. The smallest absolute Gasteiger partial charge is 0.266 e. The molecule has 1 unspecified atom stereocenters. The first-order valence-corrected chi connectivity index (χ1v) is 11.1. The van der Waals surface area contributed by atoms with Crippen LogP contribution < -0.4 is 10.9 Å². The lowest BCUT2D eigenvalue weighted by Gasteiger charge is -2.22. The van der Waals surface area contributed by atoms with Crippen molar-refractivity contribution in [1.29, 1.82) is 0 Å². The maximum Gasteiger partial charge on any atom is 0.266 e. The summed E-state index contributed by atoms with van der Waals surface area (Å²) < 4.78 is 42.8. The second kappa shape index (κ2) is 8.27. The number of pyridine rings is 1. The van der Waals surface area contributed by atoms with Crippen LogP contribution in [0.1, 0.15) is 54.7 Å². The standard InChI is InChI=1S/C26H23F3N4O/c1-15(18-9-6-10-19(23(18)27)24(28)29)30-25-20-14-33(22(34)13-21(20)31-16(2)32-25)26(11-12-26)17-7-4-3-5-8-17/h3-10,13-15,24H,11-12H2,1-2H3,(H,30,31,32). The molecule has 1 aliphatic rings. The molecule has 1 fully saturated rings. The molecule has 2 aromatic carbocycles. The minimum Gasteiger partial charge on any atom is -0.363 e. The number of aryl methyl sites for hydroxylation is 1. The number of nitrogens with zero attached hydrogens (tertiary/aromatic N) is 3. The summed E-state index contributed by atoms with van der Waals surface area (Å²) in [7, 11) is 0. The molecule has 1 aliphatic carbocycles. The van der Waals surface area contributed by atoms with Crippen LogP contribution in [-0.4, -0.2) is 14.5 Å². The summed E-state index contributed by atoms with van der Waals surface area (Å²) in [4.78, 5) is 22.0. The zero-order chi connectivity index (χ0) is 24.0. The second-order valence-corrected chi connectivity index (χ2v) is 8.71. The van der Waals surface area contributed by atoms with Crippen molar-refractivity contribution in [2.75, 3.05) is 5.32 Å². The van der Waals surface area contributed by atoms with Gasteiger partial charge >= 0.3 is 0 Å². The molecule has 1 N–H and O–H groups in total. The van der Waals surface area contributed by atoms with Crippen molar-refractivity contribution < 1.29 is 13.2 Å². The van der Waals surface area contributed by atoms with E-state index in [2.05, 4.69) is 15.3 Å². The van der Waals surface area contributed by atoms with Gasteiger partial charge in [-0.15, -0.1) is 0 Å². The van der Waals surface area contributed by atoms with Crippen molar-refractivity contribution >= 4 is 16.7 Å². The molecule has 1 atom stereocenters. The van der Waals surface area contributed by atoms with Gasteiger partial charge in [0, 0.05) is 17.8 Å². The molecule has 0 saturated heterocycles. The summed E-state index contributed by atoms with van der Waals surface area (Å²) in [5.41, 5.74) is 0.410. The minimum atomic E-state index is -2.91. The summed E-state index contributed by atoms with van der Waals surface area (Å²) in [6.07, 6.45) is 0.509. The molecular formula is C26H23F3N4O. The average molecular weight is 464 g/mol. The Morgan fingerprint density at radius 2 is 1.74 bits per heavy atom. The highest BCUT2D eigenvalue weighted by Gasteiger charge is 2.46. The molecule has 4 aromatic rings. The Morgan fingerprint density at radius 1 is 1.03 bits per heavy atom. The van der Waals surface area contributed by atoms with Gasteiger partial charge in [0.2, 0.25) is 0 Å². The molecule has 0 bridgehead atoms. The zero-order valence-corrected chi connectivity index (χ0v) is 18.7. The van der Waals surface area contributed by atoms with Crippen LogP contribution in [0.15, 0.2) is 65.6 Å². The van der Waals surface area contributed by atoms with Crippen LogP contribution in [0.2, 0.25) is 0 Å². The molecule has 2 heterocycles. The van der Waals surface area contributed by atoms with Crippen LogP contribution in [0, 0.1) is 12.7 Å². The lowest BCUT2D eigenvalue weighted by molar-refractivity contribution is 0.146. The molecule has 174 valence electrons. The molecule has 34 heavy (non-hydrogen) atoms. The summed E-state index contributed by atoms with van der Waals surface area (Å²) in [6.45, 7) is 3.38. The summed E-state index contributed by atoms with van der Waals surface area (Å²) in [6, 6.07) is 14.7. The van der Waals surface area contributed by atoms with Crippen molar-refractivity contribution in [1.82, 2.24) is 14.5 Å². The normalized spacial score (nSPS) is 15.5. The van der Waals surface area contributed by atoms with E-state index in [-0.39, 0.29) is 11.1 Å². The number of alkyl halides is 2. The van der Waals surface area contributed by atoms with E-state index in [1.165, 1.54) is 18.2 Å². The number of hydrogen-bond donors (Lipinski definition) is 1. The average Bonchev–Trinajstić information content (AvgIpc) is 3.61. The van der Waals surface area contributed by atoms with Gasteiger partial charge < -0.3 is 9.88 Å². The van der Waals surface area contributed by atoms with Crippen LogP contribution >= 0.6 is 0 Å². The Hall–Kier alpha value is -3.68. The fourth-order valence-electron chi connectivity index (χ4n) is 4.55. The molecule has 8 heteroatoms. The van der Waals surface area contributed by atoms with E-state index in [4.69, 9.17) is 0 Å². The van der Waals surface area contributed by atoms with E-state index in [9.17, 15) is 18.0 Å². The number of anilines is 1. The lowest BCUT2D eigenvalue weighted by Crippen LogP contribution is -2.30. The highest BCUT2D eigenvalue weighted by Crippen LogP contribution is 2.48. The third-order valence-electron chi connectivity index (χ3n) is 6.45. The van der Waals surface area contributed by atoms with Crippen LogP contribution in [0.25, 0.3) is 10.9 Å². The predicted molar refractivity (Wildman–Crippen MR) is 125 cm³/mol. The Labute approximate surface area is 194 Å². The van der Waals surface area contributed by atoms with Crippen molar-refractivity contribution in [3.63, 3.8) is 0 Å². The Morgan fingerprint density at radius 3 is 2.41 bits per heavy atom. The minimum absolute atomic E-state index is 0.110. The van der Waals surface area contributed by atoms with Crippen molar-refractivity contribution in [2.24, 2.45) is 0 Å². The number of halogens is 3. The number of nitrogens with one attached hydrogen (secondary N) is 1. The maximum absolute atomic E-state index is 14.7. The van der Waals surface area contributed by atoms with Gasteiger partial charge in [0.1, 0.15) is 17.5 Å². The fraction of sp³-hybridized carbons (Fsp3) is 0.269. The quantitative estimate of drug-likeness (QED) is 0.387. The van der Waals surface area contributed by atoms with E-state index in [0.29, 0.717) is 22.5 Å². The highest BCUT2D eigenvalue weighted by molar-refractivity contribution is 5.88. The molecule has 0 aliphatic heterocycles. The van der Waals surface area contributed by atoms with Crippen LogP contribution in [0.3, 0.4) is 0 Å². The van der Waals surface area contributed by atoms with Gasteiger partial charge in [-0.1, -0.05) is 48.5 Å². The summed E-state index contributed by atoms with van der Waals surface area (Å²) >= 11 is 0. The van der Waals surface area contributed by atoms with Gasteiger partial charge in [-0.3, -0.25) is 4.79 Å². The Kier molecular flexibility index (Phi) is 5.38. The van der Waals surface area contributed by atoms with E-state index in [1.807, 2.05) is 30.3 Å². The first-order valence-electron chi connectivity index (χ1n) is 11.1. The number of rotatable bonds is 6. The van der Waals surface area contributed by atoms with E-state index < -0.39 is 29.4 Å². The first-order chi connectivity index (χ1) is 16.3. The van der Waals surface area contributed by atoms with Gasteiger partial charge in [-0.05, 0) is 32.3 Å². The van der Waals surface area contributed by atoms with Crippen molar-refractivity contribution in [3.05, 3.63) is 99.5 Å². The number of aromatic nitrogens is 3. The van der Waals surface area contributed by atoms with Crippen LogP contribution in [0.4, 0.5) is 19.0 Å². The van der Waals surface area contributed by atoms with Gasteiger partial charge in [0.25, 0.3) is 12.0 Å². The molecule has 1 saturated carbocycles. The number of fused-ring (bicyclic) bond motifs is 1. The molecule has 2 aromatic heterocycles. The Bertz CT molecular complexity index is 1430. The summed E-state index contributed by atoms with van der Waals surface area (Å²) in [5.74, 6) is -0.0923. The highest BCUT2D eigenvalue weighted by atomic mass is 19.3. The summed E-state index contributed by atoms with van der Waals surface area (Å²) in [5, 5.41) is 3.76. The molecule has 0 amide bonds. The SMILES string of the molecule is Cc1nc(NC(C)c2cccc(C(F)F)c2F)c2cn(C3(c4ccccc4)CC3)c(=O)cc2n1. The predicted octanol–water partition coefficient (Wildman–Crippen LogP) is 5.89. The zero-order valence-electron chi connectivity index (χ0n) is 18.7.